The van der Waals surface area contributed by atoms with E-state index < -0.39 is 5.91 Å². The number of carbonyl (C=O) groups excluding carboxylic acids is 2. The molecule has 0 radical (unpaired) electrons. The molecule has 0 aliphatic carbocycles. The van der Waals surface area contributed by atoms with Crippen molar-refractivity contribution >= 4 is 56.0 Å². The molecule has 108 valence electrons. The minimum absolute atomic E-state index is 0.0872. The fourth-order valence-electron chi connectivity index (χ4n) is 1.85. The Balaban J connectivity index is 2.27. The number of benzene rings is 2. The lowest BCUT2D eigenvalue weighted by Crippen LogP contribution is -2.18. The molecule has 0 aliphatic rings. The van der Waals surface area contributed by atoms with Gasteiger partial charge in [-0.2, -0.15) is 0 Å². The largest absolute Gasteiger partial charge is 0.369 e. The van der Waals surface area contributed by atoms with Crippen molar-refractivity contribution in [2.45, 2.75) is 6.42 Å². The van der Waals surface area contributed by atoms with E-state index in [0.717, 1.165) is 3.57 Å². The summed E-state index contributed by atoms with van der Waals surface area (Å²) >= 11 is 5.51. The molecule has 0 fully saturated rings. The average Bonchev–Trinajstić information content (AvgIpc) is 2.43. The van der Waals surface area contributed by atoms with Crippen LogP contribution in [0.25, 0.3) is 0 Å². The standard InChI is InChI=1S/C15H12BrIN2O2/c16-12-6-5-10(17)8-11(12)15(21)19-13-4-2-1-3-9(13)7-14(18)20/h1-6,8H,7H2,(H2,18,20)(H,19,21). The number of halogens is 2. The summed E-state index contributed by atoms with van der Waals surface area (Å²) in [5.74, 6) is -0.676. The number of nitrogens with one attached hydrogen (secondary N) is 1. The van der Waals surface area contributed by atoms with Crippen LogP contribution in [-0.4, -0.2) is 11.8 Å². The number of amides is 2. The highest BCUT2D eigenvalue weighted by molar-refractivity contribution is 14.1. The highest BCUT2D eigenvalue weighted by atomic mass is 127. The summed E-state index contributed by atoms with van der Waals surface area (Å²) in [6.45, 7) is 0. The minimum Gasteiger partial charge on any atom is -0.369 e. The summed E-state index contributed by atoms with van der Waals surface area (Å²) in [5, 5.41) is 2.82. The molecular weight excluding hydrogens is 447 g/mol. The molecule has 4 nitrogen and oxygen atoms in total. The molecule has 21 heavy (non-hydrogen) atoms. The van der Waals surface area contributed by atoms with Crippen LogP contribution in [0, 0.1) is 3.57 Å². The van der Waals surface area contributed by atoms with Crippen LogP contribution >= 0.6 is 38.5 Å². The predicted molar refractivity (Wildman–Crippen MR) is 94.2 cm³/mol. The molecule has 0 heterocycles. The summed E-state index contributed by atoms with van der Waals surface area (Å²) in [6.07, 6.45) is 0.0872. The van der Waals surface area contributed by atoms with Gasteiger partial charge in [0.2, 0.25) is 5.91 Å². The van der Waals surface area contributed by atoms with Gasteiger partial charge in [0.25, 0.3) is 5.91 Å². The molecule has 0 saturated carbocycles. The first-order chi connectivity index (χ1) is 9.97. The molecule has 0 aromatic heterocycles. The summed E-state index contributed by atoms with van der Waals surface area (Å²) in [5.41, 5.74) is 7.04. The first-order valence-corrected chi connectivity index (χ1v) is 7.97. The van der Waals surface area contributed by atoms with E-state index in [-0.39, 0.29) is 12.3 Å². The number of primary amides is 1. The van der Waals surface area contributed by atoms with Gasteiger partial charge in [-0.15, -0.1) is 0 Å². The Bertz CT molecular complexity index is 704. The maximum absolute atomic E-state index is 12.4. The number of carbonyl (C=O) groups is 2. The van der Waals surface area contributed by atoms with Crippen molar-refractivity contribution < 1.29 is 9.59 Å². The van der Waals surface area contributed by atoms with E-state index in [1.807, 2.05) is 12.1 Å². The number of rotatable bonds is 4. The molecule has 2 aromatic rings. The Hall–Kier alpha value is -1.41. The van der Waals surface area contributed by atoms with Gasteiger partial charge in [-0.05, 0) is 68.3 Å². The average molecular weight is 459 g/mol. The van der Waals surface area contributed by atoms with Crippen molar-refractivity contribution in [1.29, 1.82) is 0 Å². The van der Waals surface area contributed by atoms with Gasteiger partial charge in [0, 0.05) is 13.7 Å². The molecule has 0 saturated heterocycles. The second-order valence-electron chi connectivity index (χ2n) is 4.38. The fraction of sp³-hybridized carbons (Fsp3) is 0.0667. The van der Waals surface area contributed by atoms with Gasteiger partial charge in [0.05, 0.1) is 12.0 Å². The maximum atomic E-state index is 12.4. The lowest BCUT2D eigenvalue weighted by molar-refractivity contribution is -0.117. The van der Waals surface area contributed by atoms with Crippen molar-refractivity contribution in [2.24, 2.45) is 5.73 Å². The van der Waals surface area contributed by atoms with Gasteiger partial charge in [0.1, 0.15) is 0 Å². The zero-order chi connectivity index (χ0) is 15.4. The van der Waals surface area contributed by atoms with Gasteiger partial charge < -0.3 is 11.1 Å². The van der Waals surface area contributed by atoms with Crippen molar-refractivity contribution in [3.63, 3.8) is 0 Å². The summed E-state index contributed by atoms with van der Waals surface area (Å²) in [4.78, 5) is 23.4. The normalized spacial score (nSPS) is 10.2. The Kier molecular flexibility index (Phi) is 5.35. The first-order valence-electron chi connectivity index (χ1n) is 6.10. The number of nitrogens with two attached hydrogens (primary N) is 1. The molecule has 0 aliphatic heterocycles. The fourth-order valence-corrected chi connectivity index (χ4v) is 2.76. The number of hydrogen-bond donors (Lipinski definition) is 2. The van der Waals surface area contributed by atoms with E-state index in [9.17, 15) is 9.59 Å². The van der Waals surface area contributed by atoms with E-state index in [1.165, 1.54) is 0 Å². The van der Waals surface area contributed by atoms with Crippen molar-refractivity contribution in [1.82, 2.24) is 0 Å². The SMILES string of the molecule is NC(=O)Cc1ccccc1NC(=O)c1cc(I)ccc1Br. The van der Waals surface area contributed by atoms with Crippen LogP contribution in [0.2, 0.25) is 0 Å². The number of hydrogen-bond acceptors (Lipinski definition) is 2. The summed E-state index contributed by atoms with van der Waals surface area (Å²) in [6, 6.07) is 12.6. The van der Waals surface area contributed by atoms with E-state index in [2.05, 4.69) is 43.8 Å². The lowest BCUT2D eigenvalue weighted by Gasteiger charge is -2.11. The molecular formula is C15H12BrIN2O2. The molecule has 0 atom stereocenters. The third-order valence-corrected chi connectivity index (χ3v) is 4.17. The van der Waals surface area contributed by atoms with Crippen LogP contribution in [-0.2, 0) is 11.2 Å². The van der Waals surface area contributed by atoms with Crippen LogP contribution in [0.5, 0.6) is 0 Å². The Morgan fingerprint density at radius 1 is 1.19 bits per heavy atom. The zero-order valence-electron chi connectivity index (χ0n) is 10.9. The topological polar surface area (TPSA) is 72.2 Å². The molecule has 0 spiro atoms. The molecule has 2 aromatic carbocycles. The molecule has 2 amide bonds. The Morgan fingerprint density at radius 3 is 2.62 bits per heavy atom. The molecule has 6 heteroatoms. The van der Waals surface area contributed by atoms with Gasteiger partial charge in [0.15, 0.2) is 0 Å². The molecule has 2 rings (SSSR count). The zero-order valence-corrected chi connectivity index (χ0v) is 14.6. The maximum Gasteiger partial charge on any atom is 0.256 e. The van der Waals surface area contributed by atoms with Crippen molar-refractivity contribution in [3.8, 4) is 0 Å². The van der Waals surface area contributed by atoms with Crippen LogP contribution in [0.4, 0.5) is 5.69 Å². The monoisotopic (exact) mass is 458 g/mol. The predicted octanol–water partition coefficient (Wildman–Crippen LogP) is 3.33. The van der Waals surface area contributed by atoms with Crippen LogP contribution in [0.15, 0.2) is 46.9 Å². The summed E-state index contributed by atoms with van der Waals surface area (Å²) < 4.78 is 1.68. The summed E-state index contributed by atoms with van der Waals surface area (Å²) in [7, 11) is 0. The van der Waals surface area contributed by atoms with Crippen LogP contribution in [0.1, 0.15) is 15.9 Å². The number of para-hydroxylation sites is 1. The van der Waals surface area contributed by atoms with Crippen molar-refractivity contribution in [3.05, 3.63) is 61.6 Å². The smallest absolute Gasteiger partial charge is 0.256 e. The van der Waals surface area contributed by atoms with E-state index in [0.29, 0.717) is 21.3 Å². The molecule has 3 N–H and O–H groups in total. The third-order valence-electron chi connectivity index (χ3n) is 2.80. The highest BCUT2D eigenvalue weighted by Crippen LogP contribution is 2.22. The van der Waals surface area contributed by atoms with E-state index in [1.54, 1.807) is 30.3 Å². The highest BCUT2D eigenvalue weighted by Gasteiger charge is 2.13. The van der Waals surface area contributed by atoms with Gasteiger partial charge in [-0.25, -0.2) is 0 Å². The van der Waals surface area contributed by atoms with Crippen molar-refractivity contribution in [2.75, 3.05) is 5.32 Å². The third kappa shape index (κ3) is 4.28. The van der Waals surface area contributed by atoms with Gasteiger partial charge in [-0.3, -0.25) is 9.59 Å². The van der Waals surface area contributed by atoms with E-state index >= 15 is 0 Å². The Morgan fingerprint density at radius 2 is 1.90 bits per heavy atom. The van der Waals surface area contributed by atoms with Gasteiger partial charge >= 0.3 is 0 Å². The quantitative estimate of drug-likeness (QED) is 0.689. The van der Waals surface area contributed by atoms with Crippen LogP contribution < -0.4 is 11.1 Å². The molecule has 0 unspecified atom stereocenters. The minimum atomic E-state index is -0.438. The van der Waals surface area contributed by atoms with Crippen LogP contribution in [0.3, 0.4) is 0 Å². The lowest BCUT2D eigenvalue weighted by atomic mass is 10.1. The second-order valence-corrected chi connectivity index (χ2v) is 6.48. The van der Waals surface area contributed by atoms with Gasteiger partial charge in [-0.1, -0.05) is 18.2 Å². The molecule has 0 bridgehead atoms. The first kappa shape index (κ1) is 16.0. The van der Waals surface area contributed by atoms with E-state index in [4.69, 9.17) is 5.73 Å². The number of anilines is 1. The Labute approximate surface area is 144 Å². The second kappa shape index (κ2) is 7.04.